The van der Waals surface area contributed by atoms with Gasteiger partial charge < -0.3 is 4.74 Å². The monoisotopic (exact) mass is 364 g/mol. The summed E-state index contributed by atoms with van der Waals surface area (Å²) in [6.07, 6.45) is 2.26. The normalized spacial score (nSPS) is 17.0. The third-order valence-electron chi connectivity index (χ3n) is 4.24. The lowest BCUT2D eigenvalue weighted by Crippen LogP contribution is -2.54. The molecule has 27 heavy (non-hydrogen) atoms. The number of ether oxygens (including phenoxy) is 1. The van der Waals surface area contributed by atoms with Crippen LogP contribution in [0, 0.1) is 0 Å². The van der Waals surface area contributed by atoms with Crippen molar-refractivity contribution in [3.8, 4) is 5.75 Å². The summed E-state index contributed by atoms with van der Waals surface area (Å²) in [5, 5.41) is 2.22. The van der Waals surface area contributed by atoms with E-state index in [9.17, 15) is 14.4 Å². The number of nitrogens with zero attached hydrogens (tertiary/aromatic N) is 1. The number of anilines is 1. The van der Waals surface area contributed by atoms with Gasteiger partial charge in [-0.15, -0.1) is 0 Å². The molecule has 2 aromatic carbocycles. The van der Waals surface area contributed by atoms with Crippen LogP contribution in [0.1, 0.15) is 25.8 Å². The van der Waals surface area contributed by atoms with Crippen LogP contribution in [0.4, 0.5) is 10.5 Å². The van der Waals surface area contributed by atoms with E-state index in [-0.39, 0.29) is 11.7 Å². The molecule has 1 N–H and O–H groups in total. The summed E-state index contributed by atoms with van der Waals surface area (Å²) in [5.74, 6) is -0.827. The van der Waals surface area contributed by atoms with Crippen molar-refractivity contribution in [1.82, 2.24) is 5.32 Å². The molecule has 6 nitrogen and oxygen atoms in total. The van der Waals surface area contributed by atoms with Crippen molar-refractivity contribution >= 4 is 29.6 Å². The number of barbiturate groups is 1. The Labute approximate surface area is 157 Å². The zero-order valence-electron chi connectivity index (χ0n) is 15.1. The van der Waals surface area contributed by atoms with Crippen molar-refractivity contribution < 1.29 is 19.1 Å². The number of rotatable bonds is 5. The Morgan fingerprint density at radius 2 is 1.70 bits per heavy atom. The number of para-hydroxylation sites is 2. The summed E-state index contributed by atoms with van der Waals surface area (Å²) in [7, 11) is 0. The Kier molecular flexibility index (Phi) is 5.35. The third-order valence-corrected chi connectivity index (χ3v) is 4.24. The number of amides is 4. The van der Waals surface area contributed by atoms with Gasteiger partial charge in [0.25, 0.3) is 11.8 Å². The van der Waals surface area contributed by atoms with Crippen LogP contribution in [0.3, 0.4) is 0 Å². The van der Waals surface area contributed by atoms with E-state index in [0.29, 0.717) is 17.0 Å². The van der Waals surface area contributed by atoms with E-state index in [1.165, 1.54) is 6.08 Å². The molecular formula is C21H20N2O4. The highest BCUT2D eigenvalue weighted by Gasteiger charge is 2.36. The number of hydrogen-bond acceptors (Lipinski definition) is 4. The Balaban J connectivity index is 1.99. The summed E-state index contributed by atoms with van der Waals surface area (Å²) in [6.45, 7) is 3.95. The Bertz CT molecular complexity index is 905. The fourth-order valence-corrected chi connectivity index (χ4v) is 2.63. The first-order chi connectivity index (χ1) is 13.0. The molecule has 6 heteroatoms. The minimum Gasteiger partial charge on any atom is -0.490 e. The minimum atomic E-state index is -0.766. The number of urea groups is 1. The summed E-state index contributed by atoms with van der Waals surface area (Å²) >= 11 is 0. The molecule has 0 aromatic heterocycles. The van der Waals surface area contributed by atoms with Gasteiger partial charge >= 0.3 is 6.03 Å². The maximum atomic E-state index is 12.9. The molecule has 1 aliphatic heterocycles. The number of nitrogens with one attached hydrogen (secondary N) is 1. The second-order valence-electron chi connectivity index (χ2n) is 6.17. The molecule has 0 aliphatic carbocycles. The maximum absolute atomic E-state index is 12.9. The van der Waals surface area contributed by atoms with Crippen LogP contribution in [-0.2, 0) is 9.59 Å². The van der Waals surface area contributed by atoms with Gasteiger partial charge in [-0.1, -0.05) is 43.3 Å². The Hall–Kier alpha value is -3.41. The maximum Gasteiger partial charge on any atom is 0.335 e. The van der Waals surface area contributed by atoms with Crippen LogP contribution < -0.4 is 15.0 Å². The molecule has 2 aromatic rings. The van der Waals surface area contributed by atoms with Crippen molar-refractivity contribution in [3.05, 3.63) is 65.7 Å². The fraction of sp³-hybridized carbons (Fsp3) is 0.190. The molecular weight excluding hydrogens is 344 g/mol. The lowest BCUT2D eigenvalue weighted by atomic mass is 10.1. The predicted molar refractivity (Wildman–Crippen MR) is 102 cm³/mol. The molecule has 0 saturated carbocycles. The smallest absolute Gasteiger partial charge is 0.335 e. The van der Waals surface area contributed by atoms with Crippen molar-refractivity contribution in [1.29, 1.82) is 0 Å². The number of hydrogen-bond donors (Lipinski definition) is 1. The first kappa shape index (κ1) is 18.4. The lowest BCUT2D eigenvalue weighted by molar-refractivity contribution is -0.122. The van der Waals surface area contributed by atoms with E-state index >= 15 is 0 Å². The van der Waals surface area contributed by atoms with Crippen LogP contribution in [0.15, 0.2) is 60.2 Å². The summed E-state index contributed by atoms with van der Waals surface area (Å²) in [5.41, 5.74) is 0.861. The molecule has 0 spiro atoms. The summed E-state index contributed by atoms with van der Waals surface area (Å²) in [4.78, 5) is 38.3. The SMILES string of the molecule is CC[C@H](C)Oc1ccccc1/C=C1\C(=O)NC(=O)N(c2ccccc2)C1=O. The number of imide groups is 2. The first-order valence-corrected chi connectivity index (χ1v) is 8.73. The highest BCUT2D eigenvalue weighted by molar-refractivity contribution is 6.39. The van der Waals surface area contributed by atoms with Gasteiger partial charge in [0.05, 0.1) is 11.8 Å². The van der Waals surface area contributed by atoms with Gasteiger partial charge in [-0.05, 0) is 37.6 Å². The van der Waals surface area contributed by atoms with Gasteiger partial charge in [0.1, 0.15) is 11.3 Å². The second kappa shape index (κ2) is 7.86. The van der Waals surface area contributed by atoms with Crippen LogP contribution in [-0.4, -0.2) is 23.9 Å². The predicted octanol–water partition coefficient (Wildman–Crippen LogP) is 3.53. The van der Waals surface area contributed by atoms with Gasteiger partial charge in [0, 0.05) is 5.56 Å². The van der Waals surface area contributed by atoms with E-state index in [1.807, 2.05) is 19.9 Å². The van der Waals surface area contributed by atoms with Gasteiger partial charge in [-0.3, -0.25) is 14.9 Å². The highest BCUT2D eigenvalue weighted by Crippen LogP contribution is 2.26. The standard InChI is InChI=1S/C21H20N2O4/c1-3-14(2)27-18-12-8-7-9-15(18)13-17-19(24)22-21(26)23(20(17)25)16-10-5-4-6-11-16/h4-14H,3H2,1-2H3,(H,22,24,26)/b17-13+/t14-/m0/s1. The third kappa shape index (κ3) is 3.89. The van der Waals surface area contributed by atoms with Crippen molar-refractivity contribution in [2.75, 3.05) is 4.90 Å². The molecule has 4 amide bonds. The number of carbonyl (C=O) groups is 3. The van der Waals surface area contributed by atoms with E-state index in [2.05, 4.69) is 5.32 Å². The Morgan fingerprint density at radius 3 is 2.41 bits per heavy atom. The molecule has 1 aliphatic rings. The average molecular weight is 364 g/mol. The summed E-state index contributed by atoms with van der Waals surface area (Å²) in [6, 6.07) is 14.9. The largest absolute Gasteiger partial charge is 0.490 e. The first-order valence-electron chi connectivity index (χ1n) is 8.73. The van der Waals surface area contributed by atoms with Crippen LogP contribution in [0.2, 0.25) is 0 Å². The van der Waals surface area contributed by atoms with E-state index < -0.39 is 17.8 Å². The topological polar surface area (TPSA) is 75.7 Å². The van der Waals surface area contributed by atoms with Crippen LogP contribution >= 0.6 is 0 Å². The van der Waals surface area contributed by atoms with Crippen molar-refractivity contribution in [3.63, 3.8) is 0 Å². The van der Waals surface area contributed by atoms with Crippen LogP contribution in [0.5, 0.6) is 5.75 Å². The highest BCUT2D eigenvalue weighted by atomic mass is 16.5. The van der Waals surface area contributed by atoms with Crippen molar-refractivity contribution in [2.24, 2.45) is 0 Å². The van der Waals surface area contributed by atoms with Gasteiger partial charge in [-0.2, -0.15) is 0 Å². The molecule has 1 atom stereocenters. The Morgan fingerprint density at radius 1 is 1.04 bits per heavy atom. The zero-order chi connectivity index (χ0) is 19.4. The molecule has 138 valence electrons. The number of benzene rings is 2. The number of carbonyl (C=O) groups excluding carboxylic acids is 3. The molecule has 0 radical (unpaired) electrons. The quantitative estimate of drug-likeness (QED) is 0.650. The molecule has 0 unspecified atom stereocenters. The van der Waals surface area contributed by atoms with Gasteiger partial charge in [0.15, 0.2) is 0 Å². The second-order valence-corrected chi connectivity index (χ2v) is 6.17. The molecule has 3 rings (SSSR count). The molecule has 0 bridgehead atoms. The van der Waals surface area contributed by atoms with Crippen LogP contribution in [0.25, 0.3) is 6.08 Å². The van der Waals surface area contributed by atoms with Gasteiger partial charge in [-0.25, -0.2) is 9.69 Å². The van der Waals surface area contributed by atoms with E-state index in [1.54, 1.807) is 48.5 Å². The van der Waals surface area contributed by atoms with E-state index in [0.717, 1.165) is 11.3 Å². The van der Waals surface area contributed by atoms with Gasteiger partial charge in [0.2, 0.25) is 0 Å². The lowest BCUT2D eigenvalue weighted by Gasteiger charge is -2.26. The van der Waals surface area contributed by atoms with Crippen molar-refractivity contribution in [2.45, 2.75) is 26.4 Å². The van der Waals surface area contributed by atoms with E-state index in [4.69, 9.17) is 4.74 Å². The molecule has 1 heterocycles. The summed E-state index contributed by atoms with van der Waals surface area (Å²) < 4.78 is 5.87. The average Bonchev–Trinajstić information content (AvgIpc) is 2.67. The fourth-order valence-electron chi connectivity index (χ4n) is 2.63. The molecule has 1 saturated heterocycles. The molecule has 1 fully saturated rings. The minimum absolute atomic E-state index is 0.0113. The zero-order valence-corrected chi connectivity index (χ0v) is 15.1.